The normalized spacial score (nSPS) is 11.4. The van der Waals surface area contributed by atoms with Gasteiger partial charge in [-0.1, -0.05) is 36.4 Å². The third kappa shape index (κ3) is 7.59. The minimum atomic E-state index is -0.871. The number of hydrogen-bond acceptors (Lipinski definition) is 5. The molecule has 0 saturated heterocycles. The summed E-state index contributed by atoms with van der Waals surface area (Å²) in [6.07, 6.45) is 2.85. The molecule has 0 aliphatic carbocycles. The molecule has 3 N–H and O–H groups in total. The first kappa shape index (κ1) is 22.4. The predicted octanol–water partition coefficient (Wildman–Crippen LogP) is 1.70. The van der Waals surface area contributed by atoms with Gasteiger partial charge in [-0.15, -0.1) is 6.58 Å². The van der Waals surface area contributed by atoms with E-state index in [4.69, 9.17) is 4.74 Å². The van der Waals surface area contributed by atoms with Crippen molar-refractivity contribution >= 4 is 23.9 Å². The van der Waals surface area contributed by atoms with Gasteiger partial charge in [0, 0.05) is 6.54 Å². The molecule has 0 heterocycles. The van der Waals surface area contributed by atoms with Crippen molar-refractivity contribution in [3.8, 4) is 5.75 Å². The van der Waals surface area contributed by atoms with Crippen LogP contribution >= 0.6 is 0 Å². The highest BCUT2D eigenvalue weighted by Crippen LogP contribution is 2.13. The summed E-state index contributed by atoms with van der Waals surface area (Å²) in [7, 11) is 0. The largest absolute Gasteiger partial charge is 0.484 e. The quantitative estimate of drug-likeness (QED) is 0.254. The second-order valence-electron chi connectivity index (χ2n) is 6.26. The molecule has 8 heteroatoms. The summed E-state index contributed by atoms with van der Waals surface area (Å²) in [6, 6.07) is 16.3. The molecule has 8 nitrogen and oxygen atoms in total. The first-order valence-corrected chi connectivity index (χ1v) is 9.29. The van der Waals surface area contributed by atoms with Crippen LogP contribution in [-0.4, -0.2) is 37.1 Å². The molecule has 0 aromatic heterocycles. The molecule has 0 spiro atoms. The van der Waals surface area contributed by atoms with Crippen molar-refractivity contribution in [2.45, 2.75) is 13.0 Å². The van der Waals surface area contributed by atoms with Gasteiger partial charge in [0.15, 0.2) is 6.61 Å². The molecule has 2 aromatic carbocycles. The van der Waals surface area contributed by atoms with Crippen LogP contribution in [0.15, 0.2) is 72.4 Å². The Morgan fingerprint density at radius 3 is 2.43 bits per heavy atom. The zero-order chi connectivity index (χ0) is 21.8. The summed E-state index contributed by atoms with van der Waals surface area (Å²) in [5.41, 5.74) is 3.82. The number of benzene rings is 2. The van der Waals surface area contributed by atoms with E-state index < -0.39 is 11.8 Å². The average molecular weight is 408 g/mol. The molecule has 0 aliphatic rings. The van der Waals surface area contributed by atoms with E-state index in [0.29, 0.717) is 11.3 Å². The number of nitrogens with one attached hydrogen (secondary N) is 3. The monoisotopic (exact) mass is 408 g/mol. The van der Waals surface area contributed by atoms with Gasteiger partial charge in [-0.2, -0.15) is 5.10 Å². The number of hydrogen-bond donors (Lipinski definition) is 3. The van der Waals surface area contributed by atoms with E-state index in [1.165, 1.54) is 12.3 Å². The summed E-state index contributed by atoms with van der Waals surface area (Å²) < 4.78 is 5.48. The van der Waals surface area contributed by atoms with Crippen molar-refractivity contribution in [1.29, 1.82) is 0 Å². The maximum Gasteiger partial charge on any atom is 0.329 e. The van der Waals surface area contributed by atoms with Gasteiger partial charge in [-0.25, -0.2) is 5.43 Å². The smallest absolute Gasteiger partial charge is 0.329 e. The Labute approximate surface area is 175 Å². The molecule has 0 bridgehead atoms. The molecule has 156 valence electrons. The minimum Gasteiger partial charge on any atom is -0.484 e. The number of rotatable bonds is 9. The molecule has 30 heavy (non-hydrogen) atoms. The topological polar surface area (TPSA) is 109 Å². The molecule has 2 aromatic rings. The van der Waals surface area contributed by atoms with E-state index in [9.17, 15) is 14.4 Å². The summed E-state index contributed by atoms with van der Waals surface area (Å²) in [6.45, 7) is 5.43. The predicted molar refractivity (Wildman–Crippen MR) is 114 cm³/mol. The van der Waals surface area contributed by atoms with Crippen LogP contribution in [0.2, 0.25) is 0 Å². The summed E-state index contributed by atoms with van der Waals surface area (Å²) >= 11 is 0. The van der Waals surface area contributed by atoms with Gasteiger partial charge < -0.3 is 15.4 Å². The lowest BCUT2D eigenvalue weighted by Gasteiger charge is -2.14. The summed E-state index contributed by atoms with van der Waals surface area (Å²) in [4.78, 5) is 34.9. The van der Waals surface area contributed by atoms with Crippen LogP contribution in [0.5, 0.6) is 5.75 Å². The molecule has 1 atom stereocenters. The molecular weight excluding hydrogens is 384 g/mol. The van der Waals surface area contributed by atoms with Crippen molar-refractivity contribution in [3.63, 3.8) is 0 Å². The third-order valence-corrected chi connectivity index (χ3v) is 3.92. The highest BCUT2D eigenvalue weighted by atomic mass is 16.5. The first-order valence-electron chi connectivity index (χ1n) is 9.29. The second-order valence-corrected chi connectivity index (χ2v) is 6.26. The van der Waals surface area contributed by atoms with E-state index in [0.717, 1.165) is 5.56 Å². The zero-order valence-electron chi connectivity index (χ0n) is 16.6. The second kappa shape index (κ2) is 11.8. The molecule has 2 rings (SSSR count). The summed E-state index contributed by atoms with van der Waals surface area (Å²) in [5.74, 6) is -1.38. The highest BCUT2D eigenvalue weighted by molar-refractivity contribution is 6.35. The van der Waals surface area contributed by atoms with E-state index in [-0.39, 0.29) is 25.1 Å². The van der Waals surface area contributed by atoms with Crippen LogP contribution in [-0.2, 0) is 14.4 Å². The lowest BCUT2D eigenvalue weighted by molar-refractivity contribution is -0.139. The Balaban J connectivity index is 1.76. The number of nitrogens with zero attached hydrogens (tertiary/aromatic N) is 1. The lowest BCUT2D eigenvalue weighted by atomic mass is 10.1. The highest BCUT2D eigenvalue weighted by Gasteiger charge is 2.11. The lowest BCUT2D eigenvalue weighted by Crippen LogP contribution is -2.37. The van der Waals surface area contributed by atoms with E-state index >= 15 is 0 Å². The minimum absolute atomic E-state index is 0.111. The van der Waals surface area contributed by atoms with Crippen molar-refractivity contribution in [3.05, 3.63) is 78.4 Å². The Morgan fingerprint density at radius 2 is 1.77 bits per heavy atom. The van der Waals surface area contributed by atoms with Crippen molar-refractivity contribution in [2.75, 3.05) is 13.2 Å². The Kier molecular flexibility index (Phi) is 8.79. The fraction of sp³-hybridized carbons (Fsp3) is 0.182. The molecule has 0 saturated carbocycles. The number of amides is 3. The number of hydrazone groups is 1. The maximum absolute atomic E-state index is 12.1. The standard InChI is InChI=1S/C22H24N4O4/c1-3-13-23-21(28)22(29)26-24-14-17-9-11-19(12-10-17)30-15-20(27)25-16(2)18-7-5-4-6-8-18/h3-12,14,16H,1,13,15H2,2H3,(H,23,28)(H,25,27)(H,26,29)/b24-14-/t16-/m0/s1. The Bertz CT molecular complexity index is 895. The molecule has 0 aliphatic heterocycles. The zero-order valence-corrected chi connectivity index (χ0v) is 16.6. The van der Waals surface area contributed by atoms with Gasteiger partial charge in [0.25, 0.3) is 5.91 Å². The Morgan fingerprint density at radius 1 is 1.07 bits per heavy atom. The molecule has 0 unspecified atom stereocenters. The Hall–Kier alpha value is -3.94. The van der Waals surface area contributed by atoms with E-state index in [2.05, 4.69) is 27.7 Å². The van der Waals surface area contributed by atoms with Crippen molar-refractivity contribution in [1.82, 2.24) is 16.1 Å². The van der Waals surface area contributed by atoms with Gasteiger partial charge in [0.2, 0.25) is 0 Å². The van der Waals surface area contributed by atoms with Gasteiger partial charge in [-0.05, 0) is 42.3 Å². The van der Waals surface area contributed by atoms with E-state index in [1.54, 1.807) is 24.3 Å². The van der Waals surface area contributed by atoms with Crippen LogP contribution in [0.4, 0.5) is 0 Å². The average Bonchev–Trinajstić information content (AvgIpc) is 2.77. The molecule has 3 amide bonds. The van der Waals surface area contributed by atoms with Crippen LogP contribution in [0, 0.1) is 0 Å². The number of ether oxygens (including phenoxy) is 1. The molecule has 0 fully saturated rings. The fourth-order valence-corrected chi connectivity index (χ4v) is 2.37. The first-order chi connectivity index (χ1) is 14.5. The van der Waals surface area contributed by atoms with Gasteiger partial charge in [-0.3, -0.25) is 14.4 Å². The SMILES string of the molecule is C=CCNC(=O)C(=O)N/N=C\c1ccc(OCC(=O)N[C@@H](C)c2ccccc2)cc1. The molecular formula is C22H24N4O4. The number of carbonyl (C=O) groups is 3. The summed E-state index contributed by atoms with van der Waals surface area (Å²) in [5, 5.41) is 8.93. The van der Waals surface area contributed by atoms with Crippen LogP contribution in [0.3, 0.4) is 0 Å². The van der Waals surface area contributed by atoms with Crippen LogP contribution < -0.4 is 20.8 Å². The third-order valence-electron chi connectivity index (χ3n) is 3.92. The number of carbonyl (C=O) groups excluding carboxylic acids is 3. The van der Waals surface area contributed by atoms with Crippen LogP contribution in [0.25, 0.3) is 0 Å². The van der Waals surface area contributed by atoms with E-state index in [1.807, 2.05) is 37.3 Å². The van der Waals surface area contributed by atoms with Gasteiger partial charge in [0.1, 0.15) is 5.75 Å². The van der Waals surface area contributed by atoms with Crippen molar-refractivity contribution in [2.24, 2.45) is 5.10 Å². The van der Waals surface area contributed by atoms with Gasteiger partial charge in [0.05, 0.1) is 12.3 Å². The van der Waals surface area contributed by atoms with Crippen molar-refractivity contribution < 1.29 is 19.1 Å². The van der Waals surface area contributed by atoms with Crippen LogP contribution in [0.1, 0.15) is 24.1 Å². The van der Waals surface area contributed by atoms with Gasteiger partial charge >= 0.3 is 11.8 Å². The molecule has 0 radical (unpaired) electrons. The fourth-order valence-electron chi connectivity index (χ4n) is 2.37. The maximum atomic E-state index is 12.1.